The van der Waals surface area contributed by atoms with Crippen LogP contribution in [0.25, 0.3) is 22.3 Å². The standard InChI is InChI=1S/C20H18N2O3/c1-13-18(22-25-20(13)14-5-3-2-4-6-14)11-21-16-7-8-19-15(9-16)10-17(12-23)24-19/h2-10,21,23H,11-12H2,1H3. The Hall–Kier alpha value is -3.05. The molecular weight excluding hydrogens is 316 g/mol. The van der Waals surface area contributed by atoms with Crippen LogP contribution in [-0.4, -0.2) is 10.3 Å². The maximum atomic E-state index is 9.16. The summed E-state index contributed by atoms with van der Waals surface area (Å²) in [5.41, 5.74) is 4.66. The van der Waals surface area contributed by atoms with Gasteiger partial charge in [-0.25, -0.2) is 0 Å². The highest BCUT2D eigenvalue weighted by molar-refractivity contribution is 5.81. The summed E-state index contributed by atoms with van der Waals surface area (Å²) in [6.45, 7) is 2.48. The number of nitrogens with one attached hydrogen (secondary N) is 1. The first-order valence-corrected chi connectivity index (χ1v) is 8.12. The van der Waals surface area contributed by atoms with Crippen LogP contribution in [-0.2, 0) is 13.2 Å². The van der Waals surface area contributed by atoms with Gasteiger partial charge in [-0.3, -0.25) is 0 Å². The van der Waals surface area contributed by atoms with Crippen LogP contribution in [0.1, 0.15) is 17.0 Å². The van der Waals surface area contributed by atoms with Crippen LogP contribution >= 0.6 is 0 Å². The number of nitrogens with zero attached hydrogens (tertiary/aromatic N) is 1. The summed E-state index contributed by atoms with van der Waals surface area (Å²) in [5.74, 6) is 1.36. The van der Waals surface area contributed by atoms with E-state index in [0.717, 1.165) is 39.2 Å². The second kappa shape index (κ2) is 6.45. The van der Waals surface area contributed by atoms with Crippen LogP contribution in [0.5, 0.6) is 0 Å². The summed E-state index contributed by atoms with van der Waals surface area (Å²) in [5, 5.41) is 17.7. The fourth-order valence-electron chi connectivity index (χ4n) is 2.86. The molecule has 0 saturated heterocycles. The van der Waals surface area contributed by atoms with Gasteiger partial charge in [-0.15, -0.1) is 0 Å². The molecule has 0 aliphatic rings. The van der Waals surface area contributed by atoms with Crippen molar-refractivity contribution in [3.05, 3.63) is 71.6 Å². The van der Waals surface area contributed by atoms with E-state index in [9.17, 15) is 0 Å². The Morgan fingerprint density at radius 1 is 1.08 bits per heavy atom. The number of rotatable bonds is 5. The van der Waals surface area contributed by atoms with Crippen molar-refractivity contribution < 1.29 is 14.0 Å². The molecule has 2 aromatic carbocycles. The van der Waals surface area contributed by atoms with Gasteiger partial charge < -0.3 is 19.4 Å². The fourth-order valence-corrected chi connectivity index (χ4v) is 2.86. The van der Waals surface area contributed by atoms with Crippen LogP contribution < -0.4 is 5.32 Å². The van der Waals surface area contributed by atoms with E-state index in [0.29, 0.717) is 12.3 Å². The first-order valence-electron chi connectivity index (χ1n) is 8.12. The highest BCUT2D eigenvalue weighted by Gasteiger charge is 2.13. The Kier molecular flexibility index (Phi) is 3.99. The van der Waals surface area contributed by atoms with Gasteiger partial charge in [0.1, 0.15) is 23.6 Å². The van der Waals surface area contributed by atoms with Crippen molar-refractivity contribution in [3.63, 3.8) is 0 Å². The van der Waals surface area contributed by atoms with E-state index in [-0.39, 0.29) is 6.61 Å². The molecule has 0 spiro atoms. The zero-order valence-electron chi connectivity index (χ0n) is 13.8. The molecule has 0 bridgehead atoms. The fraction of sp³-hybridized carbons (Fsp3) is 0.150. The third kappa shape index (κ3) is 3.02. The Morgan fingerprint density at radius 3 is 2.72 bits per heavy atom. The molecule has 0 aliphatic heterocycles. The minimum Gasteiger partial charge on any atom is -0.459 e. The molecule has 2 N–H and O–H groups in total. The van der Waals surface area contributed by atoms with E-state index < -0.39 is 0 Å². The number of aliphatic hydroxyl groups is 1. The number of anilines is 1. The molecular formula is C20H18N2O3. The molecule has 0 radical (unpaired) electrons. The number of aliphatic hydroxyl groups excluding tert-OH is 1. The number of fused-ring (bicyclic) bond motifs is 1. The monoisotopic (exact) mass is 334 g/mol. The quantitative estimate of drug-likeness (QED) is 0.562. The van der Waals surface area contributed by atoms with Gasteiger partial charge in [0.25, 0.3) is 0 Å². The largest absolute Gasteiger partial charge is 0.459 e. The third-order valence-corrected chi connectivity index (χ3v) is 4.24. The van der Waals surface area contributed by atoms with Gasteiger partial charge in [0.2, 0.25) is 0 Å². The van der Waals surface area contributed by atoms with Crippen molar-refractivity contribution in [1.82, 2.24) is 5.16 Å². The minimum atomic E-state index is -0.0994. The number of hydrogen-bond acceptors (Lipinski definition) is 5. The predicted octanol–water partition coefficient (Wildman–Crippen LogP) is 4.50. The van der Waals surface area contributed by atoms with Gasteiger partial charge in [-0.1, -0.05) is 35.5 Å². The zero-order valence-corrected chi connectivity index (χ0v) is 13.8. The van der Waals surface area contributed by atoms with Crippen molar-refractivity contribution in [3.8, 4) is 11.3 Å². The molecule has 25 heavy (non-hydrogen) atoms. The van der Waals surface area contributed by atoms with E-state index in [4.69, 9.17) is 14.0 Å². The van der Waals surface area contributed by atoms with Crippen molar-refractivity contribution in [2.24, 2.45) is 0 Å². The highest BCUT2D eigenvalue weighted by atomic mass is 16.5. The lowest BCUT2D eigenvalue weighted by Gasteiger charge is -2.04. The smallest absolute Gasteiger partial charge is 0.170 e. The van der Waals surface area contributed by atoms with Crippen molar-refractivity contribution in [2.45, 2.75) is 20.1 Å². The highest BCUT2D eigenvalue weighted by Crippen LogP contribution is 2.27. The molecule has 0 saturated carbocycles. The van der Waals surface area contributed by atoms with Gasteiger partial charge in [0.05, 0.1) is 6.54 Å². The topological polar surface area (TPSA) is 71.4 Å². The predicted molar refractivity (Wildman–Crippen MR) is 96.1 cm³/mol. The molecule has 0 atom stereocenters. The first kappa shape index (κ1) is 15.5. The Morgan fingerprint density at radius 2 is 1.92 bits per heavy atom. The Bertz CT molecular complexity index is 1000. The summed E-state index contributed by atoms with van der Waals surface area (Å²) in [6.07, 6.45) is 0. The van der Waals surface area contributed by atoms with Crippen LogP contribution in [0.4, 0.5) is 5.69 Å². The van der Waals surface area contributed by atoms with Crippen molar-refractivity contribution >= 4 is 16.7 Å². The normalized spacial score (nSPS) is 11.1. The van der Waals surface area contributed by atoms with Crippen LogP contribution in [0, 0.1) is 6.92 Å². The molecule has 0 unspecified atom stereocenters. The van der Waals surface area contributed by atoms with Crippen molar-refractivity contribution in [1.29, 1.82) is 0 Å². The van der Waals surface area contributed by atoms with Gasteiger partial charge >= 0.3 is 0 Å². The molecule has 4 rings (SSSR count). The molecule has 4 aromatic rings. The molecule has 0 amide bonds. The molecule has 5 heteroatoms. The van der Waals surface area contributed by atoms with Crippen LogP contribution in [0.3, 0.4) is 0 Å². The lowest BCUT2D eigenvalue weighted by Crippen LogP contribution is -2.01. The molecule has 5 nitrogen and oxygen atoms in total. The second-order valence-electron chi connectivity index (χ2n) is 5.93. The lowest BCUT2D eigenvalue weighted by molar-refractivity contribution is 0.251. The summed E-state index contributed by atoms with van der Waals surface area (Å²) >= 11 is 0. The number of hydrogen-bond donors (Lipinski definition) is 2. The molecule has 126 valence electrons. The number of furan rings is 1. The Balaban J connectivity index is 1.53. The van der Waals surface area contributed by atoms with E-state index in [1.807, 2.05) is 61.5 Å². The maximum absolute atomic E-state index is 9.16. The van der Waals surface area contributed by atoms with Crippen LogP contribution in [0.15, 0.2) is 63.5 Å². The van der Waals surface area contributed by atoms with E-state index in [1.54, 1.807) is 0 Å². The summed E-state index contributed by atoms with van der Waals surface area (Å²) in [6, 6.07) is 17.6. The van der Waals surface area contributed by atoms with Gasteiger partial charge in [0.15, 0.2) is 5.76 Å². The molecule has 2 heterocycles. The van der Waals surface area contributed by atoms with Gasteiger partial charge in [-0.05, 0) is 31.2 Å². The van der Waals surface area contributed by atoms with E-state index in [1.165, 1.54) is 0 Å². The third-order valence-electron chi connectivity index (χ3n) is 4.24. The average molecular weight is 334 g/mol. The van der Waals surface area contributed by atoms with E-state index >= 15 is 0 Å². The molecule has 0 aliphatic carbocycles. The van der Waals surface area contributed by atoms with Gasteiger partial charge in [0, 0.05) is 22.2 Å². The molecule has 0 fully saturated rings. The Labute approximate surface area is 144 Å². The SMILES string of the molecule is Cc1c(CNc2ccc3oc(CO)cc3c2)noc1-c1ccccc1. The lowest BCUT2D eigenvalue weighted by atomic mass is 10.1. The van der Waals surface area contributed by atoms with E-state index in [2.05, 4.69) is 10.5 Å². The molecule has 2 aromatic heterocycles. The summed E-state index contributed by atoms with van der Waals surface area (Å²) in [7, 11) is 0. The second-order valence-corrected chi connectivity index (χ2v) is 5.93. The van der Waals surface area contributed by atoms with Crippen LogP contribution in [0.2, 0.25) is 0 Å². The van der Waals surface area contributed by atoms with Crippen molar-refractivity contribution in [2.75, 3.05) is 5.32 Å². The van der Waals surface area contributed by atoms with Gasteiger partial charge in [-0.2, -0.15) is 0 Å². The first-order chi connectivity index (χ1) is 12.2. The zero-order chi connectivity index (χ0) is 17.2. The summed E-state index contributed by atoms with van der Waals surface area (Å²) < 4.78 is 11.0. The number of benzene rings is 2. The summed E-state index contributed by atoms with van der Waals surface area (Å²) in [4.78, 5) is 0. The minimum absolute atomic E-state index is 0.0994. The number of aromatic nitrogens is 1. The maximum Gasteiger partial charge on any atom is 0.170 e. The average Bonchev–Trinajstić information content (AvgIpc) is 3.23.